The molecule has 1 aromatic heterocycles. The van der Waals surface area contributed by atoms with Gasteiger partial charge in [-0.3, -0.25) is 10.1 Å². The van der Waals surface area contributed by atoms with Crippen molar-refractivity contribution in [3.63, 3.8) is 0 Å². The van der Waals surface area contributed by atoms with E-state index in [0.29, 0.717) is 27.8 Å². The first-order chi connectivity index (χ1) is 17.0. The largest absolute Gasteiger partial charge is 0.478 e. The number of aromatic nitrogens is 1. The van der Waals surface area contributed by atoms with E-state index in [-0.39, 0.29) is 22.4 Å². The lowest BCUT2D eigenvalue weighted by Crippen LogP contribution is -2.03. The third kappa shape index (κ3) is 4.49. The van der Waals surface area contributed by atoms with E-state index in [1.165, 1.54) is 35.8 Å². The summed E-state index contributed by atoms with van der Waals surface area (Å²) in [6.07, 6.45) is 10.9. The molecule has 174 valence electrons. The first kappa shape index (κ1) is 22.3. The van der Waals surface area contributed by atoms with Crippen molar-refractivity contribution in [2.45, 2.75) is 12.8 Å². The number of carboxylic acid groups (broad SMARTS) is 1. The fourth-order valence-electron chi connectivity index (χ4n) is 3.86. The van der Waals surface area contributed by atoms with Crippen LogP contribution >= 0.6 is 11.3 Å². The number of nitro benzene ring substituents is 1. The lowest BCUT2D eigenvalue weighted by molar-refractivity contribution is -0.384. The molecule has 1 aliphatic carbocycles. The average molecular weight is 487 g/mol. The molecule has 1 N–H and O–H groups in total. The fraction of sp³-hybridized carbons (Fsp3) is 0.0769. The number of allylic oxidation sites excluding steroid dienone is 4. The molecule has 0 saturated carbocycles. The number of aromatic carboxylic acids is 1. The van der Waals surface area contributed by atoms with Crippen LogP contribution in [0.15, 0.2) is 89.9 Å². The molecule has 2 aliphatic rings. The van der Waals surface area contributed by atoms with Crippen LogP contribution in [0.4, 0.5) is 5.69 Å². The van der Waals surface area contributed by atoms with E-state index in [2.05, 4.69) is 11.1 Å². The first-order valence-corrected chi connectivity index (χ1v) is 11.6. The van der Waals surface area contributed by atoms with E-state index in [1.807, 2.05) is 12.2 Å². The van der Waals surface area contributed by atoms with Gasteiger partial charge in [-0.2, -0.15) is 0 Å². The topological polar surface area (TPSA) is 112 Å². The van der Waals surface area contributed by atoms with Gasteiger partial charge in [0, 0.05) is 22.6 Å². The van der Waals surface area contributed by atoms with E-state index >= 15 is 0 Å². The predicted molar refractivity (Wildman–Crippen MR) is 131 cm³/mol. The van der Waals surface area contributed by atoms with Gasteiger partial charge in [-0.25, -0.2) is 9.78 Å². The minimum atomic E-state index is -1.19. The predicted octanol–water partition coefficient (Wildman–Crippen LogP) is 6.55. The SMILES string of the molecule is O=C(O)c1cc(-c2nc(C3=COC=C(C4=CC=CCC4)O3)cs2)ccc1-c1ccccc1[N+](=O)[O-]. The van der Waals surface area contributed by atoms with Crippen LogP contribution in [0.3, 0.4) is 0 Å². The molecule has 2 aromatic carbocycles. The molecular weight excluding hydrogens is 468 g/mol. The zero-order valence-electron chi connectivity index (χ0n) is 18.2. The summed E-state index contributed by atoms with van der Waals surface area (Å²) in [5.74, 6) is -0.105. The quantitative estimate of drug-likeness (QED) is 0.311. The van der Waals surface area contributed by atoms with Crippen LogP contribution < -0.4 is 0 Å². The van der Waals surface area contributed by atoms with Gasteiger partial charge >= 0.3 is 5.97 Å². The number of para-hydroxylation sites is 1. The molecule has 3 aromatic rings. The van der Waals surface area contributed by atoms with Gasteiger partial charge < -0.3 is 14.6 Å². The standard InChI is InChI=1S/C26H18N2O6S/c29-26(30)20-12-17(10-11-18(20)19-8-4-5-9-22(19)28(31)32)25-27-21(15-35-25)24-14-33-13-23(34-24)16-6-2-1-3-7-16/h1-2,4-6,8-15H,3,7H2,(H,29,30). The summed E-state index contributed by atoms with van der Waals surface area (Å²) >= 11 is 1.33. The van der Waals surface area contributed by atoms with Gasteiger partial charge in [0.15, 0.2) is 11.5 Å². The van der Waals surface area contributed by atoms with Crippen molar-refractivity contribution in [2.75, 3.05) is 0 Å². The highest BCUT2D eigenvalue weighted by atomic mass is 32.1. The number of rotatable bonds is 6. The van der Waals surface area contributed by atoms with Gasteiger partial charge in [0.1, 0.15) is 23.2 Å². The molecule has 0 saturated heterocycles. The summed E-state index contributed by atoms with van der Waals surface area (Å²) in [7, 11) is 0. The van der Waals surface area contributed by atoms with Gasteiger partial charge in [0.05, 0.1) is 16.1 Å². The highest BCUT2D eigenvalue weighted by molar-refractivity contribution is 7.13. The van der Waals surface area contributed by atoms with Gasteiger partial charge in [0.25, 0.3) is 5.69 Å². The van der Waals surface area contributed by atoms with Crippen LogP contribution in [0.25, 0.3) is 27.5 Å². The smallest absolute Gasteiger partial charge is 0.336 e. The molecule has 0 amide bonds. The zero-order chi connectivity index (χ0) is 24.4. The summed E-state index contributed by atoms with van der Waals surface area (Å²) < 4.78 is 11.5. The molecule has 9 heteroatoms. The van der Waals surface area contributed by atoms with Crippen LogP contribution in [-0.2, 0) is 9.47 Å². The Hall–Kier alpha value is -4.50. The normalized spacial score (nSPS) is 14.8. The van der Waals surface area contributed by atoms with Crippen molar-refractivity contribution in [3.05, 3.63) is 111 Å². The molecule has 0 fully saturated rings. The Morgan fingerprint density at radius 3 is 2.71 bits per heavy atom. The molecule has 0 radical (unpaired) electrons. The summed E-state index contributed by atoms with van der Waals surface area (Å²) in [6.45, 7) is 0. The van der Waals surface area contributed by atoms with Gasteiger partial charge in [-0.1, -0.05) is 42.5 Å². The van der Waals surface area contributed by atoms with E-state index in [1.54, 1.807) is 35.9 Å². The van der Waals surface area contributed by atoms with Gasteiger partial charge in [-0.05, 0) is 30.5 Å². The molecule has 0 unspecified atom stereocenters. The molecule has 0 atom stereocenters. The maximum absolute atomic E-state index is 12.0. The van der Waals surface area contributed by atoms with Crippen molar-refractivity contribution in [1.82, 2.24) is 4.98 Å². The molecule has 35 heavy (non-hydrogen) atoms. The summed E-state index contributed by atoms with van der Waals surface area (Å²) in [5, 5.41) is 23.7. The lowest BCUT2D eigenvalue weighted by atomic mass is 9.96. The molecule has 1 aliphatic heterocycles. The average Bonchev–Trinajstić information content (AvgIpc) is 3.39. The number of hydrogen-bond acceptors (Lipinski definition) is 7. The second kappa shape index (κ2) is 9.40. The van der Waals surface area contributed by atoms with Crippen molar-refractivity contribution in [3.8, 4) is 21.7 Å². The minimum Gasteiger partial charge on any atom is -0.478 e. The Morgan fingerprint density at radius 1 is 1.11 bits per heavy atom. The highest BCUT2D eigenvalue weighted by Crippen LogP contribution is 2.37. The first-order valence-electron chi connectivity index (χ1n) is 10.7. The minimum absolute atomic E-state index is 0.0486. The summed E-state index contributed by atoms with van der Waals surface area (Å²) in [4.78, 5) is 27.6. The molecular formula is C26H18N2O6S. The number of carboxylic acids is 1. The van der Waals surface area contributed by atoms with E-state index in [9.17, 15) is 20.0 Å². The fourth-order valence-corrected chi connectivity index (χ4v) is 4.66. The number of carbonyl (C=O) groups is 1. The molecule has 0 bridgehead atoms. The summed E-state index contributed by atoms with van der Waals surface area (Å²) in [6, 6.07) is 10.8. The van der Waals surface area contributed by atoms with E-state index < -0.39 is 10.9 Å². The Morgan fingerprint density at radius 2 is 1.94 bits per heavy atom. The molecule has 2 heterocycles. The van der Waals surface area contributed by atoms with E-state index in [4.69, 9.17) is 9.47 Å². The van der Waals surface area contributed by atoms with Crippen LogP contribution in [0.2, 0.25) is 0 Å². The number of hydrogen-bond donors (Lipinski definition) is 1. The zero-order valence-corrected chi connectivity index (χ0v) is 19.0. The van der Waals surface area contributed by atoms with Crippen molar-refractivity contribution in [2.24, 2.45) is 0 Å². The van der Waals surface area contributed by atoms with Crippen LogP contribution in [0.1, 0.15) is 28.9 Å². The number of nitro groups is 1. The van der Waals surface area contributed by atoms with Crippen LogP contribution in [0, 0.1) is 10.1 Å². The van der Waals surface area contributed by atoms with Gasteiger partial charge in [-0.15, -0.1) is 11.3 Å². The molecule has 8 nitrogen and oxygen atoms in total. The van der Waals surface area contributed by atoms with Crippen molar-refractivity contribution >= 4 is 28.8 Å². The highest BCUT2D eigenvalue weighted by Gasteiger charge is 2.22. The van der Waals surface area contributed by atoms with Crippen molar-refractivity contribution in [1.29, 1.82) is 0 Å². The maximum Gasteiger partial charge on any atom is 0.336 e. The number of thiazole rings is 1. The third-order valence-corrected chi connectivity index (χ3v) is 6.44. The van der Waals surface area contributed by atoms with Gasteiger partial charge in [0.2, 0.25) is 0 Å². The second-order valence-corrected chi connectivity index (χ2v) is 8.60. The second-order valence-electron chi connectivity index (χ2n) is 7.74. The molecule has 0 spiro atoms. The number of ether oxygens (including phenoxy) is 2. The lowest BCUT2D eigenvalue weighted by Gasteiger charge is -2.18. The van der Waals surface area contributed by atoms with Crippen LogP contribution in [-0.4, -0.2) is 21.0 Å². The Balaban J connectivity index is 1.45. The number of benzene rings is 2. The summed E-state index contributed by atoms with van der Waals surface area (Å²) in [5.41, 5.74) is 2.47. The number of nitrogens with zero attached hydrogens (tertiary/aromatic N) is 2. The monoisotopic (exact) mass is 486 g/mol. The Labute approximate surface area is 203 Å². The third-order valence-electron chi connectivity index (χ3n) is 5.54. The maximum atomic E-state index is 12.0. The molecule has 5 rings (SSSR count). The van der Waals surface area contributed by atoms with Crippen LogP contribution in [0.5, 0.6) is 0 Å². The Bertz CT molecular complexity index is 1460. The Kier molecular flexibility index (Phi) is 5.99. The van der Waals surface area contributed by atoms with E-state index in [0.717, 1.165) is 18.4 Å². The van der Waals surface area contributed by atoms with Crippen molar-refractivity contribution < 1.29 is 24.3 Å².